The Morgan fingerprint density at radius 2 is 0.862 bits per heavy atom. The number of fused-ring (bicyclic) bond motifs is 5. The van der Waals surface area contributed by atoms with Gasteiger partial charge in [-0.3, -0.25) is 0 Å². The van der Waals surface area contributed by atoms with Gasteiger partial charge < -0.3 is 4.90 Å². The highest BCUT2D eigenvalue weighted by atomic mass is 32.1. The Kier molecular flexibility index (Phi) is 8.42. The summed E-state index contributed by atoms with van der Waals surface area (Å²) in [6.07, 6.45) is 0. The topological polar surface area (TPSA) is 3.24 Å². The van der Waals surface area contributed by atoms with E-state index >= 15 is 0 Å². The first-order valence-corrected chi connectivity index (χ1v) is 20.6. The summed E-state index contributed by atoms with van der Waals surface area (Å²) in [6.45, 7) is 0. The summed E-state index contributed by atoms with van der Waals surface area (Å²) in [6, 6.07) is 81.9. The van der Waals surface area contributed by atoms with Crippen molar-refractivity contribution >= 4 is 70.1 Å². The minimum atomic E-state index is 1.10. The average molecular weight is 756 g/mol. The number of hydrogen-bond donors (Lipinski definition) is 0. The van der Waals surface area contributed by atoms with Gasteiger partial charge in [-0.2, -0.15) is 0 Å². The molecule has 0 aliphatic rings. The standard InChI is InChI=1S/C56H37NS/c1-2-14-43-36-45(31-30-38(43)12-1)40-28-26-39(27-29-40)44-16-9-17-47(37-44)57(46-34-32-42(33-35-46)49-21-10-15-41-13-3-4-18-48(41)49)54-24-7-5-19-50(54)52-22-11-23-53-51-20-6-8-25-55(51)58-56(52)53/h1-37H. The largest absolute Gasteiger partial charge is 0.310 e. The van der Waals surface area contributed by atoms with Crippen molar-refractivity contribution in [3.8, 4) is 44.5 Å². The van der Waals surface area contributed by atoms with Gasteiger partial charge in [0.1, 0.15) is 0 Å². The van der Waals surface area contributed by atoms with Crippen LogP contribution in [0.15, 0.2) is 224 Å². The molecule has 0 radical (unpaired) electrons. The molecular weight excluding hydrogens is 719 g/mol. The van der Waals surface area contributed by atoms with E-state index in [9.17, 15) is 0 Å². The average Bonchev–Trinajstić information content (AvgIpc) is 3.69. The molecule has 58 heavy (non-hydrogen) atoms. The van der Waals surface area contributed by atoms with Gasteiger partial charge in [-0.05, 0) is 97.4 Å². The maximum absolute atomic E-state index is 2.43. The summed E-state index contributed by atoms with van der Waals surface area (Å²) < 4.78 is 2.62. The van der Waals surface area contributed by atoms with Gasteiger partial charge in [0.25, 0.3) is 0 Å². The molecule has 11 aromatic rings. The molecule has 1 nitrogen and oxygen atoms in total. The predicted molar refractivity (Wildman–Crippen MR) is 251 cm³/mol. The Hall–Kier alpha value is -7.26. The zero-order valence-corrected chi connectivity index (χ0v) is 32.5. The van der Waals surface area contributed by atoms with Gasteiger partial charge in [0.05, 0.1) is 5.69 Å². The monoisotopic (exact) mass is 755 g/mol. The first-order valence-electron chi connectivity index (χ1n) is 19.8. The molecule has 0 bridgehead atoms. The van der Waals surface area contributed by atoms with Crippen molar-refractivity contribution in [2.75, 3.05) is 4.90 Å². The Bertz CT molecular complexity index is 3280. The van der Waals surface area contributed by atoms with E-state index in [1.54, 1.807) is 0 Å². The molecule has 0 unspecified atom stereocenters. The fraction of sp³-hybridized carbons (Fsp3) is 0. The Morgan fingerprint density at radius 1 is 0.293 bits per heavy atom. The van der Waals surface area contributed by atoms with Crippen LogP contribution in [0.1, 0.15) is 0 Å². The number of benzene rings is 10. The molecule has 272 valence electrons. The van der Waals surface area contributed by atoms with E-state index in [0.717, 1.165) is 17.1 Å². The maximum atomic E-state index is 2.43. The van der Waals surface area contributed by atoms with Crippen LogP contribution in [0.2, 0.25) is 0 Å². The van der Waals surface area contributed by atoms with Crippen LogP contribution in [0.5, 0.6) is 0 Å². The van der Waals surface area contributed by atoms with Crippen molar-refractivity contribution < 1.29 is 0 Å². The highest BCUT2D eigenvalue weighted by Crippen LogP contribution is 2.46. The Labute approximate surface area is 342 Å². The van der Waals surface area contributed by atoms with Crippen molar-refractivity contribution in [3.63, 3.8) is 0 Å². The first-order chi connectivity index (χ1) is 28.7. The second-order valence-electron chi connectivity index (χ2n) is 14.9. The molecule has 2 heteroatoms. The van der Waals surface area contributed by atoms with Crippen molar-refractivity contribution in [2.24, 2.45) is 0 Å². The summed E-state index contributed by atoms with van der Waals surface area (Å²) in [5.41, 5.74) is 13.0. The zero-order valence-electron chi connectivity index (χ0n) is 31.7. The van der Waals surface area contributed by atoms with Gasteiger partial charge in [-0.25, -0.2) is 0 Å². The smallest absolute Gasteiger partial charge is 0.0540 e. The normalized spacial score (nSPS) is 11.4. The number of rotatable bonds is 7. The number of thiophene rings is 1. The predicted octanol–water partition coefficient (Wildman–Crippen LogP) is 16.5. The fourth-order valence-corrected chi connectivity index (χ4v) is 9.83. The molecule has 11 rings (SSSR count). The van der Waals surface area contributed by atoms with Crippen LogP contribution in [0.3, 0.4) is 0 Å². The number of nitrogens with zero attached hydrogens (tertiary/aromatic N) is 1. The van der Waals surface area contributed by atoms with Gasteiger partial charge in [0.2, 0.25) is 0 Å². The van der Waals surface area contributed by atoms with Crippen LogP contribution in [-0.2, 0) is 0 Å². The van der Waals surface area contributed by atoms with E-state index in [2.05, 4.69) is 229 Å². The van der Waals surface area contributed by atoms with Crippen LogP contribution in [0.25, 0.3) is 86.2 Å². The maximum Gasteiger partial charge on any atom is 0.0540 e. The Balaban J connectivity index is 1.04. The van der Waals surface area contributed by atoms with Gasteiger partial charge in [0.15, 0.2) is 0 Å². The number of anilines is 3. The molecule has 0 spiro atoms. The summed E-state index contributed by atoms with van der Waals surface area (Å²) in [5, 5.41) is 7.63. The molecule has 10 aromatic carbocycles. The van der Waals surface area contributed by atoms with E-state index < -0.39 is 0 Å². The molecule has 1 heterocycles. The van der Waals surface area contributed by atoms with E-state index in [-0.39, 0.29) is 0 Å². The molecular formula is C56H37NS. The number of para-hydroxylation sites is 1. The molecule has 0 saturated carbocycles. The molecule has 0 amide bonds. The second-order valence-corrected chi connectivity index (χ2v) is 15.9. The van der Waals surface area contributed by atoms with Gasteiger partial charge in [-0.1, -0.05) is 182 Å². The van der Waals surface area contributed by atoms with E-state index in [4.69, 9.17) is 0 Å². The summed E-state index contributed by atoms with van der Waals surface area (Å²) in [7, 11) is 0. The van der Waals surface area contributed by atoms with Gasteiger partial charge >= 0.3 is 0 Å². The van der Waals surface area contributed by atoms with Crippen molar-refractivity contribution in [3.05, 3.63) is 224 Å². The highest BCUT2D eigenvalue weighted by Gasteiger charge is 2.20. The quantitative estimate of drug-likeness (QED) is 0.157. The fourth-order valence-electron chi connectivity index (χ4n) is 8.60. The van der Waals surface area contributed by atoms with E-state index in [1.165, 1.54) is 86.2 Å². The van der Waals surface area contributed by atoms with Crippen molar-refractivity contribution in [2.45, 2.75) is 0 Å². The molecule has 0 fully saturated rings. The van der Waals surface area contributed by atoms with E-state index in [1.807, 2.05) is 11.3 Å². The lowest BCUT2D eigenvalue weighted by Crippen LogP contribution is -2.11. The van der Waals surface area contributed by atoms with Crippen LogP contribution in [0, 0.1) is 0 Å². The van der Waals surface area contributed by atoms with E-state index in [0.29, 0.717) is 0 Å². The molecule has 0 aliphatic carbocycles. The van der Waals surface area contributed by atoms with Crippen LogP contribution >= 0.6 is 11.3 Å². The summed E-state index contributed by atoms with van der Waals surface area (Å²) >= 11 is 1.88. The van der Waals surface area contributed by atoms with Crippen LogP contribution in [-0.4, -0.2) is 0 Å². The minimum Gasteiger partial charge on any atom is -0.310 e. The Morgan fingerprint density at radius 3 is 1.71 bits per heavy atom. The summed E-state index contributed by atoms with van der Waals surface area (Å²) in [5.74, 6) is 0. The SMILES string of the molecule is c1cc(-c2ccc(-c3ccc4ccccc4c3)cc2)cc(N(c2ccc(-c3cccc4ccccc34)cc2)c2ccccc2-c2cccc3c2sc2ccccc23)c1. The molecule has 0 N–H and O–H groups in total. The first kappa shape index (κ1) is 34.0. The van der Waals surface area contributed by atoms with Gasteiger partial charge in [0, 0.05) is 42.7 Å². The summed E-state index contributed by atoms with van der Waals surface area (Å²) in [4.78, 5) is 2.43. The van der Waals surface area contributed by atoms with Crippen LogP contribution in [0.4, 0.5) is 17.1 Å². The second kappa shape index (κ2) is 14.4. The highest BCUT2D eigenvalue weighted by molar-refractivity contribution is 7.26. The van der Waals surface area contributed by atoms with Crippen molar-refractivity contribution in [1.82, 2.24) is 0 Å². The van der Waals surface area contributed by atoms with Crippen LogP contribution < -0.4 is 4.90 Å². The molecule has 0 aliphatic heterocycles. The molecule has 0 saturated heterocycles. The van der Waals surface area contributed by atoms with Gasteiger partial charge in [-0.15, -0.1) is 11.3 Å². The lowest BCUT2D eigenvalue weighted by atomic mass is 9.96. The van der Waals surface area contributed by atoms with Crippen molar-refractivity contribution in [1.29, 1.82) is 0 Å². The number of hydrogen-bond acceptors (Lipinski definition) is 2. The third-order valence-electron chi connectivity index (χ3n) is 11.5. The third kappa shape index (κ3) is 6.03. The molecule has 1 aromatic heterocycles. The lowest BCUT2D eigenvalue weighted by Gasteiger charge is -2.28. The molecule has 0 atom stereocenters. The zero-order chi connectivity index (χ0) is 38.4. The third-order valence-corrected chi connectivity index (χ3v) is 12.7. The lowest BCUT2D eigenvalue weighted by molar-refractivity contribution is 1.28. The minimum absolute atomic E-state index is 1.10.